The van der Waals surface area contributed by atoms with Crippen LogP contribution in [-0.4, -0.2) is 15.0 Å². The van der Waals surface area contributed by atoms with Crippen molar-refractivity contribution in [1.29, 1.82) is 0 Å². The van der Waals surface area contributed by atoms with Crippen molar-refractivity contribution in [2.75, 3.05) is 0 Å². The summed E-state index contributed by atoms with van der Waals surface area (Å²) in [5, 5.41) is 2.03. The van der Waals surface area contributed by atoms with Gasteiger partial charge in [-0.3, -0.25) is 0 Å². The smallest absolute Gasteiger partial charge is 0.164 e. The van der Waals surface area contributed by atoms with Gasteiger partial charge in [0.2, 0.25) is 0 Å². The lowest BCUT2D eigenvalue weighted by atomic mass is 9.67. The van der Waals surface area contributed by atoms with Gasteiger partial charge in [0.1, 0.15) is 11.2 Å². The van der Waals surface area contributed by atoms with Crippen molar-refractivity contribution in [3.63, 3.8) is 0 Å². The van der Waals surface area contributed by atoms with Crippen LogP contribution in [0.1, 0.15) is 22.3 Å². The van der Waals surface area contributed by atoms with Crippen LogP contribution >= 0.6 is 0 Å². The first-order valence-electron chi connectivity index (χ1n) is 18.9. The minimum absolute atomic E-state index is 0.456. The normalized spacial score (nSPS) is 12.8. The molecule has 0 bridgehead atoms. The van der Waals surface area contributed by atoms with Crippen molar-refractivity contribution < 1.29 is 4.42 Å². The molecule has 10 aromatic rings. The number of aromatic nitrogens is 3. The lowest BCUT2D eigenvalue weighted by Gasteiger charge is -2.34. The molecule has 0 spiro atoms. The molecule has 1 aliphatic carbocycles. The average molecular weight is 716 g/mol. The molecule has 0 atom stereocenters. The number of para-hydroxylation sites is 1. The predicted octanol–water partition coefficient (Wildman–Crippen LogP) is 12.8. The quantitative estimate of drug-likeness (QED) is 0.172. The molecule has 0 unspecified atom stereocenters. The van der Waals surface area contributed by atoms with Crippen LogP contribution < -0.4 is 0 Å². The van der Waals surface area contributed by atoms with Gasteiger partial charge in [0.15, 0.2) is 17.5 Å². The van der Waals surface area contributed by atoms with Crippen LogP contribution in [0.15, 0.2) is 205 Å². The number of hydrogen-bond donors (Lipinski definition) is 0. The second-order valence-electron chi connectivity index (χ2n) is 14.3. The molecule has 0 saturated heterocycles. The van der Waals surface area contributed by atoms with E-state index in [-0.39, 0.29) is 0 Å². The standard InChI is InChI=1S/C52H33N3O/c1-4-15-35(16-5-1)49-53-50(55-51(54-49)43-23-14-26-47-48(43)42-22-11-13-25-46(42)56-47)36-29-27-34(28-30-36)37-31-32-41-40-21-10-12-24-44(40)52(45(41)33-37,38-17-6-2-7-18-38)39-19-8-3-9-20-39/h1-33H. The predicted molar refractivity (Wildman–Crippen MR) is 226 cm³/mol. The Kier molecular flexibility index (Phi) is 7.36. The second kappa shape index (κ2) is 12.9. The van der Waals surface area contributed by atoms with E-state index in [2.05, 4.69) is 140 Å². The summed E-state index contributed by atoms with van der Waals surface area (Å²) in [5.41, 5.74) is 13.8. The molecule has 8 aromatic carbocycles. The van der Waals surface area contributed by atoms with Crippen molar-refractivity contribution in [3.8, 4) is 56.4 Å². The number of furan rings is 1. The molecular weight excluding hydrogens is 683 g/mol. The molecule has 2 aromatic heterocycles. The molecule has 0 aliphatic heterocycles. The minimum Gasteiger partial charge on any atom is -0.456 e. The zero-order valence-corrected chi connectivity index (χ0v) is 30.3. The molecule has 0 N–H and O–H groups in total. The van der Waals surface area contributed by atoms with Gasteiger partial charge in [0.05, 0.1) is 5.41 Å². The highest BCUT2D eigenvalue weighted by atomic mass is 16.3. The third kappa shape index (κ3) is 4.96. The molecule has 11 rings (SSSR count). The Balaban J connectivity index is 1.05. The van der Waals surface area contributed by atoms with Crippen molar-refractivity contribution in [3.05, 3.63) is 222 Å². The third-order valence-electron chi connectivity index (χ3n) is 11.2. The summed E-state index contributed by atoms with van der Waals surface area (Å²) in [4.78, 5) is 15.2. The van der Waals surface area contributed by atoms with E-state index in [1.807, 2.05) is 60.7 Å². The van der Waals surface area contributed by atoms with E-state index in [1.54, 1.807) is 0 Å². The monoisotopic (exact) mass is 715 g/mol. The lowest BCUT2D eigenvalue weighted by molar-refractivity contribution is 0.669. The Labute approximate surface area is 324 Å². The zero-order chi connectivity index (χ0) is 37.1. The van der Waals surface area contributed by atoms with E-state index in [9.17, 15) is 0 Å². The van der Waals surface area contributed by atoms with Crippen molar-refractivity contribution >= 4 is 21.9 Å². The first kappa shape index (κ1) is 32.0. The van der Waals surface area contributed by atoms with Crippen LogP contribution in [0, 0.1) is 0 Å². The fourth-order valence-electron chi connectivity index (χ4n) is 8.74. The highest BCUT2D eigenvalue weighted by molar-refractivity contribution is 6.11. The van der Waals surface area contributed by atoms with Gasteiger partial charge in [-0.15, -0.1) is 0 Å². The van der Waals surface area contributed by atoms with Crippen LogP contribution in [0.3, 0.4) is 0 Å². The van der Waals surface area contributed by atoms with Crippen LogP contribution in [-0.2, 0) is 5.41 Å². The van der Waals surface area contributed by atoms with E-state index in [1.165, 1.54) is 33.4 Å². The third-order valence-corrected chi connectivity index (χ3v) is 11.2. The lowest BCUT2D eigenvalue weighted by Crippen LogP contribution is -2.28. The highest BCUT2D eigenvalue weighted by Gasteiger charge is 2.46. The summed E-state index contributed by atoms with van der Waals surface area (Å²) in [6, 6.07) is 70.6. The summed E-state index contributed by atoms with van der Waals surface area (Å²) in [7, 11) is 0. The van der Waals surface area contributed by atoms with Gasteiger partial charge in [0.25, 0.3) is 0 Å². The second-order valence-corrected chi connectivity index (χ2v) is 14.3. The van der Waals surface area contributed by atoms with Crippen molar-refractivity contribution in [2.45, 2.75) is 5.41 Å². The topological polar surface area (TPSA) is 51.8 Å². The molecule has 1 aliphatic rings. The summed E-state index contributed by atoms with van der Waals surface area (Å²) in [5.74, 6) is 1.84. The fourth-order valence-corrected chi connectivity index (χ4v) is 8.74. The molecule has 4 heteroatoms. The van der Waals surface area contributed by atoms with Gasteiger partial charge in [-0.25, -0.2) is 15.0 Å². The molecule has 0 radical (unpaired) electrons. The van der Waals surface area contributed by atoms with E-state index >= 15 is 0 Å². The Morgan fingerprint density at radius 2 is 0.857 bits per heavy atom. The highest BCUT2D eigenvalue weighted by Crippen LogP contribution is 2.56. The Hall–Kier alpha value is -7.43. The maximum atomic E-state index is 6.24. The van der Waals surface area contributed by atoms with Gasteiger partial charge in [-0.05, 0) is 62.7 Å². The molecule has 4 nitrogen and oxygen atoms in total. The minimum atomic E-state index is -0.456. The van der Waals surface area contributed by atoms with Crippen LogP contribution in [0.25, 0.3) is 78.4 Å². The molecule has 262 valence electrons. The number of rotatable bonds is 6. The number of benzene rings is 8. The largest absolute Gasteiger partial charge is 0.456 e. The van der Waals surface area contributed by atoms with E-state index < -0.39 is 5.41 Å². The summed E-state index contributed by atoms with van der Waals surface area (Å²) < 4.78 is 6.24. The van der Waals surface area contributed by atoms with Gasteiger partial charge in [-0.2, -0.15) is 0 Å². The summed E-state index contributed by atoms with van der Waals surface area (Å²) in [6.45, 7) is 0. The molecular formula is C52H33N3O. The molecule has 0 amide bonds. The maximum absolute atomic E-state index is 6.24. The van der Waals surface area contributed by atoms with Gasteiger partial charge >= 0.3 is 0 Å². The number of fused-ring (bicyclic) bond motifs is 6. The molecule has 0 fully saturated rings. The fraction of sp³-hybridized carbons (Fsp3) is 0.0192. The molecule has 56 heavy (non-hydrogen) atoms. The van der Waals surface area contributed by atoms with Crippen LogP contribution in [0.2, 0.25) is 0 Å². The van der Waals surface area contributed by atoms with Gasteiger partial charge < -0.3 is 4.42 Å². The van der Waals surface area contributed by atoms with Crippen molar-refractivity contribution in [2.24, 2.45) is 0 Å². The van der Waals surface area contributed by atoms with E-state index in [4.69, 9.17) is 19.4 Å². The maximum Gasteiger partial charge on any atom is 0.164 e. The van der Waals surface area contributed by atoms with Crippen LogP contribution in [0.5, 0.6) is 0 Å². The Morgan fingerprint density at radius 1 is 0.339 bits per heavy atom. The van der Waals surface area contributed by atoms with Crippen molar-refractivity contribution in [1.82, 2.24) is 15.0 Å². The van der Waals surface area contributed by atoms with Gasteiger partial charge in [-0.1, -0.05) is 182 Å². The van der Waals surface area contributed by atoms with E-state index in [0.717, 1.165) is 49.8 Å². The SMILES string of the molecule is c1ccc(-c2nc(-c3ccc(-c4ccc5c(c4)C(c4ccccc4)(c4ccccc4)c4ccccc4-5)cc3)nc(-c3cccc4oc5ccccc5c34)n2)cc1. The van der Waals surface area contributed by atoms with Gasteiger partial charge in [0, 0.05) is 27.5 Å². The van der Waals surface area contributed by atoms with E-state index in [0.29, 0.717) is 17.5 Å². The number of hydrogen-bond acceptors (Lipinski definition) is 4. The molecule has 0 saturated carbocycles. The summed E-state index contributed by atoms with van der Waals surface area (Å²) >= 11 is 0. The zero-order valence-electron chi connectivity index (χ0n) is 30.3. The Bertz CT molecular complexity index is 3020. The Morgan fingerprint density at radius 3 is 1.59 bits per heavy atom. The first-order valence-corrected chi connectivity index (χ1v) is 18.9. The summed E-state index contributed by atoms with van der Waals surface area (Å²) in [6.07, 6.45) is 0. The number of nitrogens with zero attached hydrogens (tertiary/aromatic N) is 3. The average Bonchev–Trinajstić information content (AvgIpc) is 3.81. The molecule has 2 heterocycles. The van der Waals surface area contributed by atoms with Crippen LogP contribution in [0.4, 0.5) is 0 Å². The first-order chi connectivity index (χ1) is 27.8.